The van der Waals surface area contributed by atoms with E-state index in [0.717, 1.165) is 31.2 Å². The average molecular weight is 321 g/mol. The smallest absolute Gasteiger partial charge is 0.203 e. The Labute approximate surface area is 138 Å². The first-order valence-corrected chi connectivity index (χ1v) is 8.05. The van der Waals surface area contributed by atoms with Crippen LogP contribution in [-0.4, -0.2) is 51.8 Å². The normalized spacial score (nSPS) is 14.8. The summed E-state index contributed by atoms with van der Waals surface area (Å²) in [5.74, 6) is 2.89. The van der Waals surface area contributed by atoms with E-state index in [0.29, 0.717) is 23.8 Å². The molecular weight excluding hydrogens is 294 g/mol. The zero-order valence-electron chi connectivity index (χ0n) is 14.5. The molecule has 0 amide bonds. The van der Waals surface area contributed by atoms with Crippen molar-refractivity contribution in [1.29, 1.82) is 0 Å². The van der Waals surface area contributed by atoms with E-state index in [9.17, 15) is 0 Å². The van der Waals surface area contributed by atoms with Crippen LogP contribution in [-0.2, 0) is 6.54 Å². The van der Waals surface area contributed by atoms with E-state index in [1.807, 2.05) is 12.1 Å². The number of nitrogens with zero attached hydrogens (tertiary/aromatic N) is 2. The van der Waals surface area contributed by atoms with E-state index in [2.05, 4.69) is 17.1 Å². The number of likely N-dealkylation sites (tertiary alicyclic amines) is 1. The average Bonchev–Trinajstić information content (AvgIpc) is 3.11. The molecule has 1 aliphatic rings. The van der Waals surface area contributed by atoms with Crippen molar-refractivity contribution in [3.05, 3.63) is 17.7 Å². The van der Waals surface area contributed by atoms with Crippen LogP contribution in [0.15, 0.2) is 17.1 Å². The monoisotopic (exact) mass is 321 g/mol. The Morgan fingerprint density at radius 3 is 2.17 bits per heavy atom. The Hall–Kier alpha value is -2.11. The minimum absolute atomic E-state index is 0.565. The summed E-state index contributed by atoms with van der Waals surface area (Å²) in [7, 11) is 4.85. The molecule has 1 heterocycles. The van der Waals surface area contributed by atoms with Crippen molar-refractivity contribution < 1.29 is 14.2 Å². The van der Waals surface area contributed by atoms with Gasteiger partial charge in [0.25, 0.3) is 0 Å². The van der Waals surface area contributed by atoms with Crippen molar-refractivity contribution in [3.8, 4) is 17.2 Å². The fourth-order valence-corrected chi connectivity index (χ4v) is 2.75. The first kappa shape index (κ1) is 17.2. The van der Waals surface area contributed by atoms with E-state index >= 15 is 0 Å². The maximum atomic E-state index is 5.39. The summed E-state index contributed by atoms with van der Waals surface area (Å²) in [5.41, 5.74) is 1.02. The van der Waals surface area contributed by atoms with Crippen molar-refractivity contribution in [2.75, 3.05) is 41.0 Å². The fraction of sp³-hybridized carbons (Fsp3) is 0.588. The molecule has 6 heteroatoms. The zero-order chi connectivity index (χ0) is 16.7. The van der Waals surface area contributed by atoms with E-state index in [1.165, 1.54) is 12.8 Å². The second-order valence-electron chi connectivity index (χ2n) is 5.40. The SMILES string of the molecule is CCNC(=NCc1cc(OC)c(OC)c(OC)c1)N1CCCC1. The number of nitrogens with one attached hydrogen (secondary N) is 1. The standard InChI is InChI=1S/C17H27N3O3/c1-5-18-17(20-8-6-7-9-20)19-12-13-10-14(21-2)16(23-4)15(11-13)22-3/h10-11H,5-9,12H2,1-4H3,(H,18,19). The Bertz CT molecular complexity index is 515. The van der Waals surface area contributed by atoms with Crippen LogP contribution in [0.1, 0.15) is 25.3 Å². The molecule has 0 bridgehead atoms. The van der Waals surface area contributed by atoms with Gasteiger partial charge in [-0.2, -0.15) is 0 Å². The molecule has 0 saturated carbocycles. The number of ether oxygens (including phenoxy) is 3. The molecule has 0 atom stereocenters. The quantitative estimate of drug-likeness (QED) is 0.643. The summed E-state index contributed by atoms with van der Waals surface area (Å²) in [6, 6.07) is 3.89. The largest absolute Gasteiger partial charge is 0.493 e. The van der Waals surface area contributed by atoms with Crippen molar-refractivity contribution >= 4 is 5.96 Å². The molecule has 1 saturated heterocycles. The van der Waals surface area contributed by atoms with Crippen LogP contribution in [0.25, 0.3) is 0 Å². The van der Waals surface area contributed by atoms with Gasteiger partial charge in [0.15, 0.2) is 17.5 Å². The molecule has 0 aliphatic carbocycles. The summed E-state index contributed by atoms with van der Waals surface area (Å²) in [4.78, 5) is 7.06. The van der Waals surface area contributed by atoms with Crippen molar-refractivity contribution in [2.45, 2.75) is 26.3 Å². The summed E-state index contributed by atoms with van der Waals surface area (Å²) in [6.07, 6.45) is 2.46. The van der Waals surface area contributed by atoms with Gasteiger partial charge in [-0.15, -0.1) is 0 Å². The summed E-state index contributed by atoms with van der Waals surface area (Å²) >= 11 is 0. The predicted molar refractivity (Wildman–Crippen MR) is 91.7 cm³/mol. The van der Waals surface area contributed by atoms with Crippen molar-refractivity contribution in [3.63, 3.8) is 0 Å². The maximum Gasteiger partial charge on any atom is 0.203 e. The van der Waals surface area contributed by atoms with Crippen LogP contribution in [0, 0.1) is 0 Å². The van der Waals surface area contributed by atoms with Crippen LogP contribution in [0.2, 0.25) is 0 Å². The van der Waals surface area contributed by atoms with Crippen molar-refractivity contribution in [2.24, 2.45) is 4.99 Å². The number of hydrogen-bond donors (Lipinski definition) is 1. The topological polar surface area (TPSA) is 55.3 Å². The second-order valence-corrected chi connectivity index (χ2v) is 5.40. The van der Waals surface area contributed by atoms with Crippen molar-refractivity contribution in [1.82, 2.24) is 10.2 Å². The van der Waals surface area contributed by atoms with Crippen LogP contribution in [0.5, 0.6) is 17.2 Å². The molecule has 0 radical (unpaired) electrons. The number of guanidine groups is 1. The van der Waals surface area contributed by atoms with E-state index < -0.39 is 0 Å². The highest BCUT2D eigenvalue weighted by molar-refractivity contribution is 5.80. The maximum absolute atomic E-state index is 5.39. The predicted octanol–water partition coefficient (Wildman–Crippen LogP) is 2.27. The van der Waals surface area contributed by atoms with E-state index in [4.69, 9.17) is 19.2 Å². The Kier molecular flexibility index (Phi) is 6.38. The lowest BCUT2D eigenvalue weighted by molar-refractivity contribution is 0.324. The van der Waals surface area contributed by atoms with Gasteiger partial charge in [-0.05, 0) is 37.5 Å². The summed E-state index contributed by atoms with van der Waals surface area (Å²) in [6.45, 7) is 5.66. The molecule has 128 valence electrons. The summed E-state index contributed by atoms with van der Waals surface area (Å²) in [5, 5.41) is 3.36. The molecule has 1 aromatic carbocycles. The molecular formula is C17H27N3O3. The number of aliphatic imine (C=N–C) groups is 1. The third-order valence-electron chi connectivity index (χ3n) is 3.88. The van der Waals surface area contributed by atoms with Gasteiger partial charge in [-0.3, -0.25) is 0 Å². The lowest BCUT2D eigenvalue weighted by atomic mass is 10.2. The van der Waals surface area contributed by atoms with Gasteiger partial charge in [0.1, 0.15) is 0 Å². The Morgan fingerprint density at radius 2 is 1.70 bits per heavy atom. The molecule has 1 aliphatic heterocycles. The molecule has 2 rings (SSSR count). The number of hydrogen-bond acceptors (Lipinski definition) is 4. The number of methoxy groups -OCH3 is 3. The van der Waals surface area contributed by atoms with Gasteiger partial charge in [0.05, 0.1) is 27.9 Å². The van der Waals surface area contributed by atoms with Gasteiger partial charge in [-0.25, -0.2) is 4.99 Å². The first-order chi connectivity index (χ1) is 11.2. The second kappa shape index (κ2) is 8.50. The minimum atomic E-state index is 0.565. The zero-order valence-corrected chi connectivity index (χ0v) is 14.5. The number of benzene rings is 1. The summed E-state index contributed by atoms with van der Waals surface area (Å²) < 4.78 is 16.1. The highest BCUT2D eigenvalue weighted by Crippen LogP contribution is 2.38. The van der Waals surface area contributed by atoms with Crippen LogP contribution in [0.4, 0.5) is 0 Å². The lowest BCUT2D eigenvalue weighted by Gasteiger charge is -2.21. The van der Waals surface area contributed by atoms with E-state index in [-0.39, 0.29) is 0 Å². The molecule has 0 aromatic heterocycles. The minimum Gasteiger partial charge on any atom is -0.493 e. The molecule has 1 aromatic rings. The Balaban J connectivity index is 2.21. The third kappa shape index (κ3) is 4.21. The van der Waals surface area contributed by atoms with Gasteiger partial charge >= 0.3 is 0 Å². The van der Waals surface area contributed by atoms with Crippen LogP contribution >= 0.6 is 0 Å². The van der Waals surface area contributed by atoms with Crippen LogP contribution < -0.4 is 19.5 Å². The fourth-order valence-electron chi connectivity index (χ4n) is 2.75. The van der Waals surface area contributed by atoms with E-state index in [1.54, 1.807) is 21.3 Å². The molecule has 0 unspecified atom stereocenters. The highest BCUT2D eigenvalue weighted by Gasteiger charge is 2.16. The van der Waals surface area contributed by atoms with Gasteiger partial charge < -0.3 is 24.4 Å². The third-order valence-corrected chi connectivity index (χ3v) is 3.88. The molecule has 23 heavy (non-hydrogen) atoms. The number of rotatable bonds is 6. The lowest BCUT2D eigenvalue weighted by Crippen LogP contribution is -2.39. The molecule has 0 spiro atoms. The first-order valence-electron chi connectivity index (χ1n) is 8.05. The molecule has 1 fully saturated rings. The van der Waals surface area contributed by atoms with Crippen LogP contribution in [0.3, 0.4) is 0 Å². The molecule has 6 nitrogen and oxygen atoms in total. The Morgan fingerprint density at radius 1 is 1.09 bits per heavy atom. The van der Waals surface area contributed by atoms with Gasteiger partial charge in [0.2, 0.25) is 5.75 Å². The highest BCUT2D eigenvalue weighted by atomic mass is 16.5. The molecule has 1 N–H and O–H groups in total. The van der Waals surface area contributed by atoms with Gasteiger partial charge in [-0.1, -0.05) is 0 Å². The van der Waals surface area contributed by atoms with Gasteiger partial charge in [0, 0.05) is 19.6 Å².